The van der Waals surface area contributed by atoms with E-state index >= 15 is 0 Å². The molecule has 0 aliphatic rings. The number of fused-ring (bicyclic) bond motifs is 1. The van der Waals surface area contributed by atoms with Crippen molar-refractivity contribution in [3.63, 3.8) is 0 Å². The van der Waals surface area contributed by atoms with Crippen LogP contribution in [0.25, 0.3) is 11.0 Å². The fourth-order valence-corrected chi connectivity index (χ4v) is 1.82. The molecule has 0 saturated carbocycles. The fraction of sp³-hybridized carbons (Fsp3) is 0.308. The number of imidazole rings is 1. The molecule has 0 radical (unpaired) electrons. The van der Waals surface area contributed by atoms with Gasteiger partial charge >= 0.3 is 0 Å². The van der Waals surface area contributed by atoms with Gasteiger partial charge in [0.15, 0.2) is 0 Å². The molecule has 1 aromatic heterocycles. The summed E-state index contributed by atoms with van der Waals surface area (Å²) < 4.78 is 2.23. The third kappa shape index (κ3) is 1.87. The molecule has 76 valence electrons. The monoisotopic (exact) mass is 198 g/mol. The van der Waals surface area contributed by atoms with Crippen molar-refractivity contribution in [3.8, 4) is 12.3 Å². The Morgan fingerprint density at radius 3 is 3.00 bits per heavy atom. The average molecular weight is 198 g/mol. The quantitative estimate of drug-likeness (QED) is 0.547. The molecular weight excluding hydrogens is 184 g/mol. The molecule has 0 atom stereocenters. The molecule has 0 unspecified atom stereocenters. The highest BCUT2D eigenvalue weighted by Crippen LogP contribution is 2.15. The Bertz CT molecular complexity index is 503. The zero-order valence-electron chi connectivity index (χ0n) is 8.90. The van der Waals surface area contributed by atoms with Crippen LogP contribution in [0.5, 0.6) is 0 Å². The molecule has 2 rings (SSSR count). The number of aromatic nitrogens is 2. The second-order valence-corrected chi connectivity index (χ2v) is 3.61. The molecule has 0 saturated heterocycles. The fourth-order valence-electron chi connectivity index (χ4n) is 1.82. The topological polar surface area (TPSA) is 17.8 Å². The smallest absolute Gasteiger partial charge is 0.106 e. The van der Waals surface area contributed by atoms with Gasteiger partial charge < -0.3 is 4.57 Å². The summed E-state index contributed by atoms with van der Waals surface area (Å²) >= 11 is 0. The average Bonchev–Trinajstić information content (AvgIpc) is 2.56. The summed E-state index contributed by atoms with van der Waals surface area (Å²) in [4.78, 5) is 4.50. The SMILES string of the molecule is C#CCCCn1c(C)nc2ccccc21. The van der Waals surface area contributed by atoms with Gasteiger partial charge in [-0.2, -0.15) is 0 Å². The zero-order valence-corrected chi connectivity index (χ0v) is 8.90. The van der Waals surface area contributed by atoms with Gasteiger partial charge in [-0.25, -0.2) is 4.98 Å². The molecule has 1 heterocycles. The summed E-state index contributed by atoms with van der Waals surface area (Å²) in [5, 5.41) is 0. The van der Waals surface area contributed by atoms with E-state index < -0.39 is 0 Å². The number of para-hydroxylation sites is 2. The van der Waals surface area contributed by atoms with Crippen molar-refractivity contribution in [2.75, 3.05) is 0 Å². The zero-order chi connectivity index (χ0) is 10.7. The first-order valence-electron chi connectivity index (χ1n) is 5.18. The Morgan fingerprint density at radius 1 is 1.40 bits per heavy atom. The Hall–Kier alpha value is -1.75. The maximum absolute atomic E-state index is 5.24. The molecule has 0 aliphatic heterocycles. The highest BCUT2D eigenvalue weighted by Gasteiger charge is 2.04. The first-order chi connectivity index (χ1) is 7.33. The normalized spacial score (nSPS) is 10.4. The van der Waals surface area contributed by atoms with Gasteiger partial charge in [0.1, 0.15) is 5.82 Å². The molecule has 0 amide bonds. The first kappa shape index (κ1) is 9.79. The van der Waals surface area contributed by atoms with Gasteiger partial charge in [-0.3, -0.25) is 0 Å². The highest BCUT2D eigenvalue weighted by molar-refractivity contribution is 5.75. The molecular formula is C13H14N2. The lowest BCUT2D eigenvalue weighted by Crippen LogP contribution is -1.99. The van der Waals surface area contributed by atoms with Crippen LogP contribution in [0.4, 0.5) is 0 Å². The number of terminal acetylenes is 1. The van der Waals surface area contributed by atoms with Gasteiger partial charge in [0.05, 0.1) is 11.0 Å². The van der Waals surface area contributed by atoms with Crippen LogP contribution < -0.4 is 0 Å². The molecule has 1 aromatic carbocycles. The second kappa shape index (κ2) is 4.18. The van der Waals surface area contributed by atoms with E-state index in [0.717, 1.165) is 30.7 Å². The van der Waals surface area contributed by atoms with Gasteiger partial charge in [0.25, 0.3) is 0 Å². The van der Waals surface area contributed by atoms with Gasteiger partial charge in [-0.15, -0.1) is 12.3 Å². The number of unbranched alkanes of at least 4 members (excludes halogenated alkanes) is 1. The molecule has 0 bridgehead atoms. The first-order valence-corrected chi connectivity index (χ1v) is 5.18. The summed E-state index contributed by atoms with van der Waals surface area (Å²) in [5.41, 5.74) is 2.27. The molecule has 0 spiro atoms. The van der Waals surface area contributed by atoms with Crippen LogP contribution >= 0.6 is 0 Å². The lowest BCUT2D eigenvalue weighted by molar-refractivity contribution is 0.653. The third-order valence-electron chi connectivity index (χ3n) is 2.55. The number of aryl methyl sites for hydroxylation is 2. The van der Waals surface area contributed by atoms with Gasteiger partial charge in [-0.1, -0.05) is 12.1 Å². The maximum atomic E-state index is 5.24. The molecule has 0 N–H and O–H groups in total. The molecule has 0 aliphatic carbocycles. The van der Waals surface area contributed by atoms with E-state index in [-0.39, 0.29) is 0 Å². The van der Waals surface area contributed by atoms with E-state index in [1.807, 2.05) is 25.1 Å². The van der Waals surface area contributed by atoms with E-state index in [0.29, 0.717) is 0 Å². The molecule has 2 aromatic rings. The number of nitrogens with zero attached hydrogens (tertiary/aromatic N) is 2. The van der Waals surface area contributed by atoms with E-state index in [1.165, 1.54) is 5.52 Å². The molecule has 2 heteroatoms. The van der Waals surface area contributed by atoms with Crippen molar-refractivity contribution in [2.24, 2.45) is 0 Å². The van der Waals surface area contributed by atoms with Gasteiger partial charge in [0.2, 0.25) is 0 Å². The Labute approximate surface area is 89.9 Å². The van der Waals surface area contributed by atoms with E-state index in [2.05, 4.69) is 21.5 Å². The van der Waals surface area contributed by atoms with Gasteiger partial charge in [0, 0.05) is 13.0 Å². The summed E-state index contributed by atoms with van der Waals surface area (Å²) in [7, 11) is 0. The number of hydrogen-bond donors (Lipinski definition) is 0. The van der Waals surface area contributed by atoms with Crippen LogP contribution in [0.2, 0.25) is 0 Å². The summed E-state index contributed by atoms with van der Waals surface area (Å²) in [6.07, 6.45) is 7.08. The Kier molecular flexibility index (Phi) is 2.73. The van der Waals surface area contributed by atoms with Gasteiger partial charge in [-0.05, 0) is 25.5 Å². The summed E-state index contributed by atoms with van der Waals surface area (Å²) in [5.74, 6) is 3.73. The molecule has 15 heavy (non-hydrogen) atoms. The minimum atomic E-state index is 0.825. The second-order valence-electron chi connectivity index (χ2n) is 3.61. The number of rotatable bonds is 3. The van der Waals surface area contributed by atoms with E-state index in [1.54, 1.807) is 0 Å². The van der Waals surface area contributed by atoms with E-state index in [4.69, 9.17) is 6.42 Å². The lowest BCUT2D eigenvalue weighted by Gasteiger charge is -2.04. The van der Waals surface area contributed by atoms with Crippen LogP contribution in [-0.2, 0) is 6.54 Å². The number of benzene rings is 1. The lowest BCUT2D eigenvalue weighted by atomic mass is 10.3. The van der Waals surface area contributed by atoms with E-state index in [9.17, 15) is 0 Å². The minimum Gasteiger partial charge on any atom is -0.328 e. The van der Waals surface area contributed by atoms with Crippen molar-refractivity contribution < 1.29 is 0 Å². The maximum Gasteiger partial charge on any atom is 0.106 e. The van der Waals surface area contributed by atoms with Crippen LogP contribution in [0, 0.1) is 19.3 Å². The third-order valence-corrected chi connectivity index (χ3v) is 2.55. The molecule has 0 fully saturated rings. The van der Waals surface area contributed by atoms with Crippen molar-refractivity contribution >= 4 is 11.0 Å². The summed E-state index contributed by atoms with van der Waals surface area (Å²) in [6.45, 7) is 2.99. The van der Waals surface area contributed by atoms with Crippen molar-refractivity contribution in [1.82, 2.24) is 9.55 Å². The predicted octanol–water partition coefficient (Wildman–Crippen LogP) is 2.76. The standard InChI is InChI=1S/C13H14N2/c1-3-4-7-10-15-11(2)14-12-8-5-6-9-13(12)15/h1,5-6,8-9H,4,7,10H2,2H3. The van der Waals surface area contributed by atoms with Crippen LogP contribution in [0.15, 0.2) is 24.3 Å². The minimum absolute atomic E-state index is 0.825. The van der Waals surface area contributed by atoms with Crippen molar-refractivity contribution in [1.29, 1.82) is 0 Å². The number of hydrogen-bond acceptors (Lipinski definition) is 1. The Morgan fingerprint density at radius 2 is 2.20 bits per heavy atom. The largest absolute Gasteiger partial charge is 0.328 e. The Balaban J connectivity index is 2.33. The summed E-state index contributed by atoms with van der Waals surface area (Å²) in [6, 6.07) is 8.20. The highest BCUT2D eigenvalue weighted by atomic mass is 15.1. The molecule has 2 nitrogen and oxygen atoms in total. The van der Waals surface area contributed by atoms with Crippen LogP contribution in [0.1, 0.15) is 18.7 Å². The van der Waals surface area contributed by atoms with Crippen molar-refractivity contribution in [3.05, 3.63) is 30.1 Å². The van der Waals surface area contributed by atoms with Crippen LogP contribution in [0.3, 0.4) is 0 Å². The predicted molar refractivity (Wildman–Crippen MR) is 62.5 cm³/mol. The van der Waals surface area contributed by atoms with Crippen molar-refractivity contribution in [2.45, 2.75) is 26.3 Å². The van der Waals surface area contributed by atoms with Crippen LogP contribution in [-0.4, -0.2) is 9.55 Å².